The smallest absolute Gasteiger partial charge is 0.291 e. The van der Waals surface area contributed by atoms with Crippen LogP contribution in [0.25, 0.3) is 0 Å². The van der Waals surface area contributed by atoms with Crippen LogP contribution < -0.4 is 16.0 Å². The summed E-state index contributed by atoms with van der Waals surface area (Å²) in [7, 11) is 0. The molecule has 116 valence electrons. The van der Waals surface area contributed by atoms with E-state index in [4.69, 9.17) is 10.5 Å². The molecule has 1 aromatic heterocycles. The summed E-state index contributed by atoms with van der Waals surface area (Å²) >= 11 is 3.35. The summed E-state index contributed by atoms with van der Waals surface area (Å²) in [6, 6.07) is 10.7. The summed E-state index contributed by atoms with van der Waals surface area (Å²) in [5.41, 5.74) is 6.57. The van der Waals surface area contributed by atoms with Crippen LogP contribution in [-0.4, -0.2) is 9.94 Å². The topological polar surface area (TPSA) is 101 Å². The lowest BCUT2D eigenvalue weighted by molar-refractivity contribution is 0.165. The second kappa shape index (κ2) is 5.48. The van der Waals surface area contributed by atoms with E-state index in [9.17, 15) is 15.3 Å². The minimum absolute atomic E-state index is 0.0394. The Morgan fingerprint density at radius 1 is 1.39 bits per heavy atom. The van der Waals surface area contributed by atoms with Gasteiger partial charge in [-0.3, -0.25) is 4.79 Å². The molecule has 0 aliphatic carbocycles. The molecule has 1 atom stereocenters. The summed E-state index contributed by atoms with van der Waals surface area (Å²) in [4.78, 5) is 12.5. The number of hydrogen-bond acceptors (Lipinski definition) is 5. The first kappa shape index (κ1) is 15.2. The van der Waals surface area contributed by atoms with Gasteiger partial charge in [0.05, 0.1) is 17.2 Å². The number of halogens is 1. The van der Waals surface area contributed by atoms with Gasteiger partial charge >= 0.3 is 0 Å². The number of nitriles is 1. The molecule has 1 aliphatic heterocycles. The summed E-state index contributed by atoms with van der Waals surface area (Å²) in [6.45, 7) is 1.57. The van der Waals surface area contributed by atoms with Crippen molar-refractivity contribution in [2.45, 2.75) is 12.8 Å². The molecule has 1 aromatic carbocycles. The molecule has 0 bridgehead atoms. The number of fused-ring (bicyclic) bond motifs is 1. The number of nitrogens with zero attached hydrogens (tertiary/aromatic N) is 2. The van der Waals surface area contributed by atoms with Crippen molar-refractivity contribution in [3.8, 4) is 11.8 Å². The highest BCUT2D eigenvalue weighted by Crippen LogP contribution is 2.40. The van der Waals surface area contributed by atoms with Crippen LogP contribution >= 0.6 is 15.9 Å². The number of hydrogen-bond donors (Lipinski definition) is 2. The minimum Gasteiger partial charge on any atom is -0.440 e. The third kappa shape index (κ3) is 2.37. The zero-order valence-corrected chi connectivity index (χ0v) is 13.7. The number of aromatic nitrogens is 1. The Balaban J connectivity index is 2.33. The summed E-state index contributed by atoms with van der Waals surface area (Å²) < 4.78 is 6.84. The van der Waals surface area contributed by atoms with Crippen molar-refractivity contribution < 1.29 is 9.94 Å². The van der Waals surface area contributed by atoms with Crippen molar-refractivity contribution in [2.24, 2.45) is 5.73 Å². The number of benzene rings is 1. The molecule has 7 heteroatoms. The van der Waals surface area contributed by atoms with Gasteiger partial charge in [-0.15, -0.1) is 0 Å². The fourth-order valence-electron chi connectivity index (χ4n) is 2.63. The second-order valence-electron chi connectivity index (χ2n) is 5.16. The van der Waals surface area contributed by atoms with Gasteiger partial charge in [-0.1, -0.05) is 28.1 Å². The summed E-state index contributed by atoms with van der Waals surface area (Å²) in [5, 5.41) is 19.3. The van der Waals surface area contributed by atoms with Crippen molar-refractivity contribution in [1.82, 2.24) is 4.73 Å². The van der Waals surface area contributed by atoms with Gasteiger partial charge in [-0.25, -0.2) is 0 Å². The second-order valence-corrected chi connectivity index (χ2v) is 6.07. The van der Waals surface area contributed by atoms with Crippen molar-refractivity contribution >= 4 is 15.9 Å². The van der Waals surface area contributed by atoms with Crippen LogP contribution in [0.2, 0.25) is 0 Å². The maximum absolute atomic E-state index is 12.5. The largest absolute Gasteiger partial charge is 0.440 e. The lowest BCUT2D eigenvalue weighted by Crippen LogP contribution is -2.31. The Kier molecular flexibility index (Phi) is 3.62. The lowest BCUT2D eigenvalue weighted by Gasteiger charge is -2.26. The van der Waals surface area contributed by atoms with Gasteiger partial charge in [0.2, 0.25) is 5.88 Å². The predicted molar refractivity (Wildman–Crippen MR) is 86.1 cm³/mol. The van der Waals surface area contributed by atoms with E-state index in [2.05, 4.69) is 15.9 Å². The van der Waals surface area contributed by atoms with E-state index in [1.54, 1.807) is 31.2 Å². The normalized spacial score (nSPS) is 16.5. The van der Waals surface area contributed by atoms with E-state index in [-0.39, 0.29) is 22.8 Å². The molecule has 6 nitrogen and oxygen atoms in total. The molecule has 0 saturated heterocycles. The molecular formula is C16H12BrN3O3. The fourth-order valence-corrected chi connectivity index (χ4v) is 2.89. The first-order chi connectivity index (χ1) is 10.9. The van der Waals surface area contributed by atoms with Crippen LogP contribution in [0.3, 0.4) is 0 Å². The SMILES string of the molecule is Cc1cc2c(c(=O)n1O)[C@H](c1ccc(Br)cc1)C(C#N)=C(N)O2. The Morgan fingerprint density at radius 2 is 2.04 bits per heavy atom. The van der Waals surface area contributed by atoms with Crippen LogP contribution in [0.15, 0.2) is 51.1 Å². The van der Waals surface area contributed by atoms with E-state index >= 15 is 0 Å². The Morgan fingerprint density at radius 3 is 2.65 bits per heavy atom. The molecule has 2 aromatic rings. The molecule has 0 fully saturated rings. The van der Waals surface area contributed by atoms with Crippen LogP contribution in [0, 0.1) is 18.3 Å². The maximum atomic E-state index is 12.5. The quantitative estimate of drug-likeness (QED) is 0.747. The van der Waals surface area contributed by atoms with Crippen LogP contribution in [0.4, 0.5) is 0 Å². The van der Waals surface area contributed by atoms with Gasteiger partial charge in [0, 0.05) is 10.5 Å². The molecule has 23 heavy (non-hydrogen) atoms. The number of nitrogens with two attached hydrogens (primary N) is 1. The molecule has 0 unspecified atom stereocenters. The monoisotopic (exact) mass is 373 g/mol. The zero-order chi connectivity index (χ0) is 16.7. The van der Waals surface area contributed by atoms with Gasteiger partial charge in [-0.05, 0) is 24.6 Å². The third-order valence-corrected chi connectivity index (χ3v) is 4.28. The van der Waals surface area contributed by atoms with Gasteiger partial charge in [0.1, 0.15) is 17.4 Å². The number of aryl methyl sites for hydroxylation is 1. The average molecular weight is 374 g/mol. The lowest BCUT2D eigenvalue weighted by atomic mass is 9.84. The number of pyridine rings is 1. The van der Waals surface area contributed by atoms with E-state index in [1.807, 2.05) is 6.07 Å². The van der Waals surface area contributed by atoms with Crippen molar-refractivity contribution in [1.29, 1.82) is 5.26 Å². The average Bonchev–Trinajstić information content (AvgIpc) is 2.52. The third-order valence-electron chi connectivity index (χ3n) is 3.75. The standard InChI is InChI=1S/C16H12BrN3O3/c1-8-6-12-14(16(21)20(8)22)13(11(7-18)15(19)23-12)9-2-4-10(17)5-3-9/h2-6,13,22H,19H2,1H3/t13-/m1/s1. The van der Waals surface area contributed by atoms with Crippen molar-refractivity contribution in [3.63, 3.8) is 0 Å². The van der Waals surface area contributed by atoms with Crippen LogP contribution in [0.5, 0.6) is 5.75 Å². The van der Waals surface area contributed by atoms with Gasteiger partial charge in [0.25, 0.3) is 5.56 Å². The highest BCUT2D eigenvalue weighted by atomic mass is 79.9. The van der Waals surface area contributed by atoms with E-state index in [0.29, 0.717) is 16.0 Å². The number of allylic oxidation sites excluding steroid dienone is 1. The molecule has 0 spiro atoms. The molecular weight excluding hydrogens is 362 g/mol. The highest BCUT2D eigenvalue weighted by molar-refractivity contribution is 9.10. The molecule has 0 saturated carbocycles. The highest BCUT2D eigenvalue weighted by Gasteiger charge is 2.34. The first-order valence-corrected chi connectivity index (χ1v) is 7.52. The van der Waals surface area contributed by atoms with Gasteiger partial charge in [0.15, 0.2) is 0 Å². The van der Waals surface area contributed by atoms with Crippen LogP contribution in [-0.2, 0) is 0 Å². The first-order valence-electron chi connectivity index (χ1n) is 6.73. The number of ether oxygens (including phenoxy) is 1. The molecule has 0 radical (unpaired) electrons. The molecule has 3 N–H and O–H groups in total. The van der Waals surface area contributed by atoms with E-state index in [1.165, 1.54) is 6.07 Å². The number of rotatable bonds is 1. The zero-order valence-electron chi connectivity index (χ0n) is 12.1. The Bertz CT molecular complexity index is 923. The maximum Gasteiger partial charge on any atom is 0.291 e. The van der Waals surface area contributed by atoms with Crippen molar-refractivity contribution in [2.75, 3.05) is 0 Å². The summed E-state index contributed by atoms with van der Waals surface area (Å²) in [6.07, 6.45) is 0. The van der Waals surface area contributed by atoms with E-state index in [0.717, 1.165) is 4.47 Å². The molecule has 0 amide bonds. The summed E-state index contributed by atoms with van der Waals surface area (Å²) in [5.74, 6) is -0.479. The fraction of sp³-hybridized carbons (Fsp3) is 0.125. The van der Waals surface area contributed by atoms with Gasteiger partial charge in [-0.2, -0.15) is 9.99 Å². The van der Waals surface area contributed by atoms with E-state index < -0.39 is 11.5 Å². The Hall–Kier alpha value is -2.72. The molecule has 2 heterocycles. The minimum atomic E-state index is -0.691. The Labute approximate surface area is 140 Å². The van der Waals surface area contributed by atoms with Gasteiger partial charge < -0.3 is 15.7 Å². The van der Waals surface area contributed by atoms with Crippen molar-refractivity contribution in [3.05, 3.63) is 73.4 Å². The van der Waals surface area contributed by atoms with Crippen LogP contribution in [0.1, 0.15) is 22.7 Å². The molecule has 1 aliphatic rings. The predicted octanol–water partition coefficient (Wildman–Crippen LogP) is 2.37. The molecule has 3 rings (SSSR count).